The molecule has 3 N–H and O–H groups in total. The first kappa shape index (κ1) is 22.4. The molecule has 0 radical (unpaired) electrons. The van der Waals surface area contributed by atoms with E-state index in [2.05, 4.69) is 10.1 Å². The van der Waals surface area contributed by atoms with Crippen molar-refractivity contribution in [2.45, 2.75) is 38.2 Å². The molecular weight excluding hydrogens is 482 g/mol. The molecule has 6 rings (SSSR count). The number of nitrogen functional groups attached to an aromatic ring is 1. The van der Waals surface area contributed by atoms with E-state index in [0.717, 1.165) is 35.4 Å². The second-order valence-electron chi connectivity index (χ2n) is 8.97. The number of fused-ring (bicyclic) bond motifs is 2. The smallest absolute Gasteiger partial charge is 0.335 e. The predicted octanol–water partition coefficient (Wildman–Crippen LogP) is 6.02. The van der Waals surface area contributed by atoms with E-state index in [1.165, 1.54) is 0 Å². The van der Waals surface area contributed by atoms with Crippen molar-refractivity contribution in [3.8, 4) is 28.6 Å². The fourth-order valence-corrected chi connectivity index (χ4v) is 4.71. The van der Waals surface area contributed by atoms with Crippen LogP contribution in [0.5, 0.6) is 17.4 Å². The van der Waals surface area contributed by atoms with Crippen LogP contribution in [0.1, 0.15) is 51.7 Å². The lowest BCUT2D eigenvalue weighted by Crippen LogP contribution is -2.03. The van der Waals surface area contributed by atoms with E-state index in [4.69, 9.17) is 31.3 Å². The van der Waals surface area contributed by atoms with Crippen molar-refractivity contribution in [1.29, 1.82) is 0 Å². The van der Waals surface area contributed by atoms with Crippen LogP contribution < -0.4 is 15.2 Å². The van der Waals surface area contributed by atoms with Crippen molar-refractivity contribution in [1.82, 2.24) is 10.1 Å². The molecule has 1 aliphatic carbocycles. The number of rotatable bonds is 6. The highest BCUT2D eigenvalue weighted by Crippen LogP contribution is 2.46. The van der Waals surface area contributed by atoms with Crippen molar-refractivity contribution in [3.63, 3.8) is 0 Å². The number of aromatic carboxylic acids is 1. The van der Waals surface area contributed by atoms with E-state index in [9.17, 15) is 9.90 Å². The van der Waals surface area contributed by atoms with E-state index in [1.54, 1.807) is 48.5 Å². The molecule has 2 aliphatic rings. The lowest BCUT2D eigenvalue weighted by Gasteiger charge is -2.12. The molecule has 1 saturated carbocycles. The van der Waals surface area contributed by atoms with Crippen LogP contribution in [0.4, 0.5) is 5.69 Å². The summed E-state index contributed by atoms with van der Waals surface area (Å²) in [5.41, 5.74) is 10.6. The molecule has 36 heavy (non-hydrogen) atoms. The third kappa shape index (κ3) is 4.13. The number of nitrogens with zero attached hydrogens (tertiary/aromatic N) is 2. The first-order valence-electron chi connectivity index (χ1n) is 11.7. The molecule has 4 aromatic rings. The van der Waals surface area contributed by atoms with Crippen LogP contribution in [0.25, 0.3) is 11.3 Å². The molecule has 9 heteroatoms. The summed E-state index contributed by atoms with van der Waals surface area (Å²) in [6.45, 7) is 0.199. The van der Waals surface area contributed by atoms with Gasteiger partial charge in [0, 0.05) is 23.2 Å². The van der Waals surface area contributed by atoms with Crippen molar-refractivity contribution >= 4 is 23.3 Å². The SMILES string of the molecule is Nc1cccc(Cl)c1-c1noc(C2CC2)c1COc1ccc2c(n1)CCc1ccc(C(=O)O)cc1O2. The highest BCUT2D eigenvalue weighted by Gasteiger charge is 2.33. The molecule has 2 aromatic heterocycles. The third-order valence-corrected chi connectivity index (χ3v) is 6.80. The van der Waals surface area contributed by atoms with Gasteiger partial charge >= 0.3 is 5.97 Å². The van der Waals surface area contributed by atoms with Crippen molar-refractivity contribution in [3.05, 3.63) is 81.7 Å². The maximum absolute atomic E-state index is 11.3. The van der Waals surface area contributed by atoms with Crippen LogP contribution in [-0.4, -0.2) is 21.2 Å². The summed E-state index contributed by atoms with van der Waals surface area (Å²) in [6.07, 6.45) is 3.39. The minimum absolute atomic E-state index is 0.181. The Kier molecular flexibility index (Phi) is 5.53. The van der Waals surface area contributed by atoms with E-state index in [1.807, 2.05) is 0 Å². The summed E-state index contributed by atoms with van der Waals surface area (Å²) in [5, 5.41) is 14.1. The van der Waals surface area contributed by atoms with Crippen LogP contribution in [0, 0.1) is 0 Å². The Labute approximate surface area is 211 Å². The van der Waals surface area contributed by atoms with Gasteiger partial charge < -0.3 is 24.8 Å². The van der Waals surface area contributed by atoms with Crippen LogP contribution in [0.15, 0.2) is 53.1 Å². The number of carbonyl (C=O) groups is 1. The normalized spacial score (nSPS) is 14.4. The summed E-state index contributed by atoms with van der Waals surface area (Å²) in [6, 6.07) is 13.8. The summed E-state index contributed by atoms with van der Waals surface area (Å²) in [4.78, 5) is 16.0. The van der Waals surface area contributed by atoms with Crippen LogP contribution in [0.2, 0.25) is 5.02 Å². The van der Waals surface area contributed by atoms with E-state index < -0.39 is 5.97 Å². The molecule has 0 atom stereocenters. The van der Waals surface area contributed by atoms with Crippen LogP contribution in [0.3, 0.4) is 0 Å². The first-order chi connectivity index (χ1) is 17.5. The Hall–Kier alpha value is -4.04. The average molecular weight is 504 g/mol. The van der Waals surface area contributed by atoms with E-state index >= 15 is 0 Å². The minimum atomic E-state index is -0.995. The summed E-state index contributed by atoms with van der Waals surface area (Å²) in [7, 11) is 0. The molecule has 1 aliphatic heterocycles. The highest BCUT2D eigenvalue weighted by atomic mass is 35.5. The van der Waals surface area contributed by atoms with Gasteiger partial charge in [0.05, 0.1) is 21.8 Å². The zero-order valence-corrected chi connectivity index (χ0v) is 19.9. The number of carboxylic acid groups (broad SMARTS) is 1. The van der Waals surface area contributed by atoms with Gasteiger partial charge in [0.25, 0.3) is 0 Å². The van der Waals surface area contributed by atoms with E-state index in [0.29, 0.717) is 58.1 Å². The van der Waals surface area contributed by atoms with Gasteiger partial charge in [0.2, 0.25) is 5.88 Å². The highest BCUT2D eigenvalue weighted by molar-refractivity contribution is 6.34. The number of benzene rings is 2. The second-order valence-corrected chi connectivity index (χ2v) is 9.37. The molecule has 1 fully saturated rings. The number of ether oxygens (including phenoxy) is 2. The van der Waals surface area contributed by atoms with Gasteiger partial charge in [-0.3, -0.25) is 0 Å². The summed E-state index contributed by atoms with van der Waals surface area (Å²) >= 11 is 6.46. The number of carboxylic acids is 1. The number of halogens is 1. The Morgan fingerprint density at radius 1 is 1.14 bits per heavy atom. The molecule has 8 nitrogen and oxygen atoms in total. The summed E-state index contributed by atoms with van der Waals surface area (Å²) < 4.78 is 17.9. The minimum Gasteiger partial charge on any atom is -0.478 e. The van der Waals surface area contributed by atoms with Crippen LogP contribution >= 0.6 is 11.6 Å². The quantitative estimate of drug-likeness (QED) is 0.306. The van der Waals surface area contributed by atoms with Gasteiger partial charge in [-0.2, -0.15) is 0 Å². The number of anilines is 1. The fourth-order valence-electron chi connectivity index (χ4n) is 4.44. The zero-order chi connectivity index (χ0) is 24.8. The monoisotopic (exact) mass is 503 g/mol. The fraction of sp³-hybridized carbons (Fsp3) is 0.222. The third-order valence-electron chi connectivity index (χ3n) is 6.49. The summed E-state index contributed by atoms with van der Waals surface area (Å²) in [5.74, 6) is 1.67. The maximum Gasteiger partial charge on any atom is 0.335 e. The second kappa shape index (κ2) is 8.87. The molecule has 0 amide bonds. The number of aryl methyl sites for hydroxylation is 2. The Bertz CT molecular complexity index is 1470. The van der Waals surface area contributed by atoms with Gasteiger partial charge in [-0.15, -0.1) is 0 Å². The van der Waals surface area contributed by atoms with Crippen LogP contribution in [-0.2, 0) is 19.4 Å². The molecule has 0 saturated heterocycles. The van der Waals surface area contributed by atoms with Gasteiger partial charge in [-0.25, -0.2) is 9.78 Å². The molecule has 0 unspecified atom stereocenters. The molecule has 0 bridgehead atoms. The van der Waals surface area contributed by atoms with Gasteiger partial charge in [-0.1, -0.05) is 28.9 Å². The largest absolute Gasteiger partial charge is 0.478 e. The number of hydrogen-bond donors (Lipinski definition) is 2. The topological polar surface area (TPSA) is 121 Å². The maximum atomic E-state index is 11.3. The first-order valence-corrected chi connectivity index (χ1v) is 12.1. The Morgan fingerprint density at radius 3 is 2.78 bits per heavy atom. The molecule has 3 heterocycles. The Morgan fingerprint density at radius 2 is 2.00 bits per heavy atom. The van der Waals surface area contributed by atoms with Crippen molar-refractivity contribution in [2.24, 2.45) is 0 Å². The number of hydrogen-bond acceptors (Lipinski definition) is 7. The van der Waals surface area contributed by atoms with Crippen molar-refractivity contribution < 1.29 is 23.9 Å². The molecule has 0 spiro atoms. The van der Waals surface area contributed by atoms with E-state index in [-0.39, 0.29) is 12.2 Å². The Balaban J connectivity index is 1.27. The van der Waals surface area contributed by atoms with Gasteiger partial charge in [0.15, 0.2) is 0 Å². The van der Waals surface area contributed by atoms with Gasteiger partial charge in [0.1, 0.15) is 29.6 Å². The van der Waals surface area contributed by atoms with Crippen molar-refractivity contribution in [2.75, 3.05) is 5.73 Å². The standard InChI is InChI=1S/C27H22ClN3O5/c28-18-2-1-3-19(29)24(18)25-17(26(36-31-25)15-5-6-15)13-34-23-11-10-21-20(30-23)9-8-14-4-7-16(27(32)33)12-22(14)35-21/h1-4,7,10-12,15H,5-6,8-9,13,29H2,(H,32,33). The van der Waals surface area contributed by atoms with Gasteiger partial charge in [-0.05, 0) is 61.6 Å². The lowest BCUT2D eigenvalue weighted by atomic mass is 10.0. The predicted molar refractivity (Wildman–Crippen MR) is 133 cm³/mol. The number of aromatic nitrogens is 2. The molecular formula is C27H22ClN3O5. The zero-order valence-electron chi connectivity index (χ0n) is 19.2. The molecule has 2 aromatic carbocycles. The number of pyridine rings is 1. The average Bonchev–Trinajstić information content (AvgIpc) is 3.65. The number of nitrogens with two attached hydrogens (primary N) is 1. The lowest BCUT2D eigenvalue weighted by molar-refractivity contribution is 0.0696. The molecule has 182 valence electrons.